The van der Waals surface area contributed by atoms with Gasteiger partial charge in [0.25, 0.3) is 0 Å². The molecule has 0 aliphatic rings. The van der Waals surface area contributed by atoms with Gasteiger partial charge in [0.2, 0.25) is 0 Å². The van der Waals surface area contributed by atoms with Gasteiger partial charge in [-0.25, -0.2) is 0 Å². The van der Waals surface area contributed by atoms with E-state index in [1.807, 2.05) is 42.9 Å². The third kappa shape index (κ3) is 3.52. The van der Waals surface area contributed by atoms with Crippen molar-refractivity contribution in [2.45, 2.75) is 25.8 Å². The number of hydrogen-bond donors (Lipinski definition) is 2. The van der Waals surface area contributed by atoms with Gasteiger partial charge >= 0.3 is 0 Å². The van der Waals surface area contributed by atoms with E-state index in [0.717, 1.165) is 29.3 Å². The number of aromatic nitrogens is 2. The molecule has 20 heavy (non-hydrogen) atoms. The van der Waals surface area contributed by atoms with Gasteiger partial charge in [0.1, 0.15) is 0 Å². The highest BCUT2D eigenvalue weighted by Crippen LogP contribution is 2.21. The number of rotatable bonds is 5. The lowest BCUT2D eigenvalue weighted by atomic mass is 10.0. The summed E-state index contributed by atoms with van der Waals surface area (Å²) in [5.74, 6) is 5.66. The van der Waals surface area contributed by atoms with Crippen molar-refractivity contribution in [1.82, 2.24) is 15.2 Å². The molecule has 0 aliphatic carbocycles. The van der Waals surface area contributed by atoms with Crippen molar-refractivity contribution in [3.05, 3.63) is 51.3 Å². The standard InChI is InChI=1S/C14H18Cl2N4/c1-9-14(16)13(20(2)19-9)8-12(18-17)7-10-3-5-11(15)6-4-10/h3-6,12,18H,7-8,17H2,1-2H3. The highest BCUT2D eigenvalue weighted by Gasteiger charge is 2.16. The summed E-state index contributed by atoms with van der Waals surface area (Å²) in [7, 11) is 1.89. The van der Waals surface area contributed by atoms with Gasteiger partial charge in [-0.3, -0.25) is 16.0 Å². The molecule has 1 aromatic heterocycles. The Morgan fingerprint density at radius 1 is 1.25 bits per heavy atom. The molecule has 2 aromatic rings. The lowest BCUT2D eigenvalue weighted by Gasteiger charge is -2.16. The number of halogens is 2. The van der Waals surface area contributed by atoms with Crippen molar-refractivity contribution in [1.29, 1.82) is 0 Å². The number of nitrogens with two attached hydrogens (primary N) is 1. The first-order valence-electron chi connectivity index (χ1n) is 6.39. The number of nitrogens with zero attached hydrogens (tertiary/aromatic N) is 2. The molecular formula is C14H18Cl2N4. The molecule has 4 nitrogen and oxygen atoms in total. The fraction of sp³-hybridized carbons (Fsp3) is 0.357. The fourth-order valence-electron chi connectivity index (χ4n) is 2.23. The number of hydrazine groups is 1. The third-order valence-corrected chi connectivity index (χ3v) is 4.08. The van der Waals surface area contributed by atoms with Crippen LogP contribution in [-0.4, -0.2) is 15.8 Å². The van der Waals surface area contributed by atoms with Crippen LogP contribution in [0.3, 0.4) is 0 Å². The van der Waals surface area contributed by atoms with Crippen molar-refractivity contribution in [2.75, 3.05) is 0 Å². The summed E-state index contributed by atoms with van der Waals surface area (Å²) in [6.45, 7) is 1.90. The van der Waals surface area contributed by atoms with Crippen molar-refractivity contribution >= 4 is 23.2 Å². The SMILES string of the molecule is Cc1nn(C)c(CC(Cc2ccc(Cl)cc2)NN)c1Cl. The van der Waals surface area contributed by atoms with E-state index in [-0.39, 0.29) is 6.04 Å². The Morgan fingerprint density at radius 2 is 1.90 bits per heavy atom. The Bertz CT molecular complexity index is 578. The van der Waals surface area contributed by atoms with Crippen LogP contribution >= 0.6 is 23.2 Å². The number of aryl methyl sites for hydroxylation is 2. The smallest absolute Gasteiger partial charge is 0.0847 e. The highest BCUT2D eigenvalue weighted by atomic mass is 35.5. The van der Waals surface area contributed by atoms with Gasteiger partial charge in [0.15, 0.2) is 0 Å². The minimum absolute atomic E-state index is 0.0866. The lowest BCUT2D eigenvalue weighted by Crippen LogP contribution is -2.39. The van der Waals surface area contributed by atoms with Crippen molar-refractivity contribution in [3.8, 4) is 0 Å². The zero-order valence-electron chi connectivity index (χ0n) is 11.5. The molecule has 1 heterocycles. The summed E-state index contributed by atoms with van der Waals surface area (Å²) < 4.78 is 1.81. The number of nitrogens with one attached hydrogen (secondary N) is 1. The summed E-state index contributed by atoms with van der Waals surface area (Å²) in [6.07, 6.45) is 1.52. The van der Waals surface area contributed by atoms with Crippen LogP contribution in [0.4, 0.5) is 0 Å². The maximum Gasteiger partial charge on any atom is 0.0847 e. The molecule has 3 N–H and O–H groups in total. The van der Waals surface area contributed by atoms with E-state index in [0.29, 0.717) is 5.02 Å². The molecule has 0 saturated carbocycles. The minimum atomic E-state index is 0.0866. The van der Waals surface area contributed by atoms with E-state index in [9.17, 15) is 0 Å². The molecule has 2 rings (SSSR count). The predicted octanol–water partition coefficient (Wildman–Crippen LogP) is 2.65. The Hall–Kier alpha value is -1.07. The second kappa shape index (κ2) is 6.59. The van der Waals surface area contributed by atoms with Gasteiger partial charge in [0, 0.05) is 24.5 Å². The first kappa shape index (κ1) is 15.3. The van der Waals surface area contributed by atoms with Crippen LogP contribution in [-0.2, 0) is 19.9 Å². The lowest BCUT2D eigenvalue weighted by molar-refractivity contribution is 0.505. The molecule has 0 radical (unpaired) electrons. The average molecular weight is 313 g/mol. The van der Waals surface area contributed by atoms with Crippen LogP contribution in [0.2, 0.25) is 10.0 Å². The molecule has 6 heteroatoms. The second-order valence-corrected chi connectivity index (χ2v) is 5.68. The summed E-state index contributed by atoms with van der Waals surface area (Å²) in [4.78, 5) is 0. The van der Waals surface area contributed by atoms with Gasteiger partial charge in [-0.2, -0.15) is 5.10 Å². The summed E-state index contributed by atoms with van der Waals surface area (Å²) in [6, 6.07) is 7.85. The third-order valence-electron chi connectivity index (χ3n) is 3.33. The van der Waals surface area contributed by atoms with Crippen LogP contribution in [0, 0.1) is 6.92 Å². The molecule has 0 amide bonds. The molecule has 0 aliphatic heterocycles. The van der Waals surface area contributed by atoms with Gasteiger partial charge in [-0.05, 0) is 31.0 Å². The van der Waals surface area contributed by atoms with Gasteiger partial charge in [0.05, 0.1) is 16.4 Å². The Kier molecular flexibility index (Phi) is 5.05. The first-order chi connectivity index (χ1) is 9.51. The predicted molar refractivity (Wildman–Crippen MR) is 82.9 cm³/mol. The normalized spacial score (nSPS) is 12.7. The molecule has 108 valence electrons. The van der Waals surface area contributed by atoms with Gasteiger partial charge in [-0.15, -0.1) is 0 Å². The van der Waals surface area contributed by atoms with Gasteiger partial charge < -0.3 is 0 Å². The topological polar surface area (TPSA) is 55.9 Å². The highest BCUT2D eigenvalue weighted by molar-refractivity contribution is 6.31. The van der Waals surface area contributed by atoms with E-state index in [1.165, 1.54) is 5.56 Å². The van der Waals surface area contributed by atoms with Crippen molar-refractivity contribution < 1.29 is 0 Å². The van der Waals surface area contributed by atoms with E-state index >= 15 is 0 Å². The Morgan fingerprint density at radius 3 is 2.40 bits per heavy atom. The maximum absolute atomic E-state index is 6.27. The Labute approximate surface area is 128 Å². The Balaban J connectivity index is 2.11. The van der Waals surface area contributed by atoms with Crippen molar-refractivity contribution in [3.63, 3.8) is 0 Å². The molecule has 0 spiro atoms. The molecule has 1 unspecified atom stereocenters. The summed E-state index contributed by atoms with van der Waals surface area (Å²) >= 11 is 12.2. The van der Waals surface area contributed by atoms with E-state index in [1.54, 1.807) is 0 Å². The number of hydrogen-bond acceptors (Lipinski definition) is 3. The molecular weight excluding hydrogens is 295 g/mol. The number of benzene rings is 1. The maximum atomic E-state index is 6.27. The molecule has 1 aromatic carbocycles. The molecule has 0 bridgehead atoms. The van der Waals surface area contributed by atoms with Crippen molar-refractivity contribution in [2.24, 2.45) is 12.9 Å². The van der Waals surface area contributed by atoms with Crippen LogP contribution in [0.15, 0.2) is 24.3 Å². The molecule has 0 fully saturated rings. The van der Waals surface area contributed by atoms with E-state index in [4.69, 9.17) is 29.0 Å². The van der Waals surface area contributed by atoms with Gasteiger partial charge in [-0.1, -0.05) is 35.3 Å². The zero-order chi connectivity index (χ0) is 14.7. The summed E-state index contributed by atoms with van der Waals surface area (Å²) in [5, 5.41) is 5.76. The summed E-state index contributed by atoms with van der Waals surface area (Å²) in [5.41, 5.74) is 5.84. The zero-order valence-corrected chi connectivity index (χ0v) is 13.0. The first-order valence-corrected chi connectivity index (χ1v) is 7.15. The van der Waals surface area contributed by atoms with E-state index in [2.05, 4.69) is 10.5 Å². The second-order valence-electron chi connectivity index (χ2n) is 4.87. The van der Waals surface area contributed by atoms with Crippen LogP contribution in [0.25, 0.3) is 0 Å². The largest absolute Gasteiger partial charge is 0.271 e. The average Bonchev–Trinajstić information content (AvgIpc) is 2.66. The van der Waals surface area contributed by atoms with E-state index < -0.39 is 0 Å². The quantitative estimate of drug-likeness (QED) is 0.659. The minimum Gasteiger partial charge on any atom is -0.271 e. The monoisotopic (exact) mass is 312 g/mol. The fourth-order valence-corrected chi connectivity index (χ4v) is 2.59. The van der Waals surface area contributed by atoms with Crippen LogP contribution < -0.4 is 11.3 Å². The molecule has 0 saturated heterocycles. The van der Waals surface area contributed by atoms with Crippen LogP contribution in [0.5, 0.6) is 0 Å². The molecule has 1 atom stereocenters. The van der Waals surface area contributed by atoms with Crippen LogP contribution in [0.1, 0.15) is 17.0 Å².